The van der Waals surface area contributed by atoms with Crippen LogP contribution in [0, 0.1) is 0 Å². The van der Waals surface area contributed by atoms with E-state index in [1.54, 1.807) is 0 Å². The van der Waals surface area contributed by atoms with E-state index in [1.165, 1.54) is 40.5 Å². The first-order valence-corrected chi connectivity index (χ1v) is 7.81. The molecule has 0 aromatic carbocycles. The topological polar surface area (TPSA) is 52.6 Å². The van der Waals surface area contributed by atoms with Gasteiger partial charge in [0.2, 0.25) is 0 Å². The zero-order chi connectivity index (χ0) is 15.5. The highest BCUT2D eigenvalue weighted by Gasteiger charge is 1.95. The molecule has 0 saturated heterocycles. The molecule has 0 heterocycles. The second-order valence-electron chi connectivity index (χ2n) is 4.36. The van der Waals surface area contributed by atoms with E-state index < -0.39 is 0 Å². The van der Waals surface area contributed by atoms with Gasteiger partial charge in [0.25, 0.3) is 0 Å². The van der Waals surface area contributed by atoms with Crippen molar-refractivity contribution in [2.45, 2.75) is 67.2 Å². The van der Waals surface area contributed by atoms with Crippen LogP contribution < -0.4 is 0 Å². The lowest BCUT2D eigenvalue weighted by Gasteiger charge is -2.02. The zero-order valence-electron chi connectivity index (χ0n) is 13.5. The fourth-order valence-corrected chi connectivity index (χ4v) is 1.22. The maximum absolute atomic E-state index is 9.44. The van der Waals surface area contributed by atoms with Crippen molar-refractivity contribution >= 4 is 27.5 Å². The molecule has 0 aromatic rings. The summed E-state index contributed by atoms with van der Waals surface area (Å²) in [4.78, 5) is 18.9. The van der Waals surface area contributed by atoms with Crippen molar-refractivity contribution in [1.29, 1.82) is 0 Å². The third-order valence-electron chi connectivity index (χ3n) is 1.37. The molecule has 4 nitrogen and oxygen atoms in total. The van der Waals surface area contributed by atoms with Crippen LogP contribution in [0.25, 0.3) is 0 Å². The maximum Gasteiger partial charge on any atom is 0.668 e. The van der Waals surface area contributed by atoms with Crippen LogP contribution in [0.5, 0.6) is 0 Å². The monoisotopic (exact) mass is 289 g/mol. The van der Waals surface area contributed by atoms with E-state index in [1.807, 2.05) is 0 Å². The Balaban J connectivity index is -0.000000264. The Hall–Kier alpha value is -0.208. The predicted octanol–water partition coefficient (Wildman–Crippen LogP) is 3.34. The molecule has 0 spiro atoms. The lowest BCUT2D eigenvalue weighted by Crippen LogP contribution is -2.06. The molecular weight excluding hydrogens is 259 g/mol. The first-order chi connectivity index (χ1) is 8.88. The van der Waals surface area contributed by atoms with Gasteiger partial charge in [-0.25, -0.2) is 0 Å². The standard InChI is InChI=1S/2C4H9O.2C3H6O.Al/c2*1-2-3-4-5;2*1-3(2)4;/h2*2-4H2,1H3;2*1-2H3;/q2*-1;;;+2. The van der Waals surface area contributed by atoms with Crippen LogP contribution in [0.3, 0.4) is 0 Å². The van der Waals surface area contributed by atoms with Crippen LogP contribution in [0.4, 0.5) is 0 Å². The molecule has 0 rings (SSSR count). The van der Waals surface area contributed by atoms with Crippen LogP contribution in [-0.2, 0) is 17.2 Å². The molecule has 0 fully saturated rings. The van der Waals surface area contributed by atoms with Gasteiger partial charge in [-0.2, -0.15) is 0 Å². The summed E-state index contributed by atoms with van der Waals surface area (Å²) in [5.74, 6) is 0.333. The highest BCUT2D eigenvalue weighted by Crippen LogP contribution is 1.89. The van der Waals surface area contributed by atoms with Gasteiger partial charge in [-0.15, -0.1) is 0 Å². The van der Waals surface area contributed by atoms with Gasteiger partial charge in [-0.1, -0.05) is 26.7 Å². The molecule has 0 N–H and O–H groups in total. The largest absolute Gasteiger partial charge is 0.668 e. The van der Waals surface area contributed by atoms with E-state index in [0.717, 1.165) is 26.1 Å². The number of rotatable bonds is 8. The van der Waals surface area contributed by atoms with Gasteiger partial charge in [0.05, 0.1) is 0 Å². The lowest BCUT2D eigenvalue weighted by atomic mass is 10.4. The highest BCUT2D eigenvalue weighted by atomic mass is 27.2. The fourth-order valence-electron chi connectivity index (χ4n) is 0.600. The minimum atomic E-state index is -0.189. The molecule has 19 heavy (non-hydrogen) atoms. The molecule has 0 aliphatic heterocycles. The highest BCUT2D eigenvalue weighted by molar-refractivity contribution is 6.17. The van der Waals surface area contributed by atoms with Crippen LogP contribution in [0.1, 0.15) is 67.2 Å². The SMILES string of the molecule is CC(C)=O.CC(C)=O.CCCC[O][Al][O]CCCC. The van der Waals surface area contributed by atoms with E-state index in [2.05, 4.69) is 13.8 Å². The van der Waals surface area contributed by atoms with Crippen LogP contribution in [-0.4, -0.2) is 40.7 Å². The van der Waals surface area contributed by atoms with E-state index in [0.29, 0.717) is 0 Å². The number of Topliss-reactive ketones (excluding diaryl/α,β-unsaturated/α-hetero) is 2. The summed E-state index contributed by atoms with van der Waals surface area (Å²) in [5.41, 5.74) is 0. The van der Waals surface area contributed by atoms with Crippen LogP contribution >= 0.6 is 0 Å². The van der Waals surface area contributed by atoms with Gasteiger partial charge in [-0.05, 0) is 40.5 Å². The zero-order valence-corrected chi connectivity index (χ0v) is 14.6. The first kappa shape index (κ1) is 23.9. The summed E-state index contributed by atoms with van der Waals surface area (Å²) < 4.78 is 10.6. The Morgan fingerprint density at radius 2 is 1.05 bits per heavy atom. The molecule has 0 bridgehead atoms. The Kier molecular flexibility index (Phi) is 28.8. The summed E-state index contributed by atoms with van der Waals surface area (Å²) in [7, 11) is 0. The summed E-state index contributed by atoms with van der Waals surface area (Å²) in [6.07, 6.45) is 4.72. The molecule has 0 aromatic heterocycles. The van der Waals surface area contributed by atoms with Crippen LogP contribution in [0.2, 0.25) is 0 Å². The number of ketones is 2. The molecule has 113 valence electrons. The number of unbranched alkanes of at least 4 members (excludes halogenated alkanes) is 2. The van der Waals surface area contributed by atoms with Crippen molar-refractivity contribution < 1.29 is 17.2 Å². The number of hydrogen-bond acceptors (Lipinski definition) is 4. The lowest BCUT2D eigenvalue weighted by molar-refractivity contribution is -0.115. The van der Waals surface area contributed by atoms with Gasteiger partial charge in [0.1, 0.15) is 11.6 Å². The van der Waals surface area contributed by atoms with Crippen molar-refractivity contribution in [3.05, 3.63) is 0 Å². The Labute approximate surface area is 125 Å². The van der Waals surface area contributed by atoms with E-state index in [9.17, 15) is 9.59 Å². The van der Waals surface area contributed by atoms with Crippen molar-refractivity contribution in [1.82, 2.24) is 0 Å². The molecule has 0 saturated carbocycles. The summed E-state index contributed by atoms with van der Waals surface area (Å²) in [5, 5.41) is 0. The van der Waals surface area contributed by atoms with Gasteiger partial charge in [0.15, 0.2) is 0 Å². The Morgan fingerprint density at radius 1 is 0.789 bits per heavy atom. The first-order valence-electron chi connectivity index (χ1n) is 6.87. The summed E-state index contributed by atoms with van der Waals surface area (Å²) in [6, 6.07) is 0. The summed E-state index contributed by atoms with van der Waals surface area (Å²) >= 11 is -0.189. The minimum Gasteiger partial charge on any atom is -0.484 e. The molecular formula is C14H30AlO4. The van der Waals surface area contributed by atoms with Crippen molar-refractivity contribution in [3.63, 3.8) is 0 Å². The van der Waals surface area contributed by atoms with Crippen LogP contribution in [0.15, 0.2) is 0 Å². The van der Waals surface area contributed by atoms with Crippen molar-refractivity contribution in [2.75, 3.05) is 13.2 Å². The number of carbonyl (C=O) groups is 2. The molecule has 0 aliphatic carbocycles. The van der Waals surface area contributed by atoms with E-state index in [4.69, 9.17) is 7.58 Å². The minimum absolute atomic E-state index is 0.167. The second kappa shape index (κ2) is 22.9. The summed E-state index contributed by atoms with van der Waals surface area (Å²) in [6.45, 7) is 12.2. The average Bonchev–Trinajstić information content (AvgIpc) is 2.26. The van der Waals surface area contributed by atoms with Crippen molar-refractivity contribution in [3.8, 4) is 0 Å². The van der Waals surface area contributed by atoms with E-state index in [-0.39, 0.29) is 27.5 Å². The molecule has 0 atom stereocenters. The normalized spacial score (nSPS) is 8.53. The Bertz CT molecular complexity index is 168. The third-order valence-corrected chi connectivity index (χ3v) is 2.11. The molecule has 0 amide bonds. The number of hydrogen-bond donors (Lipinski definition) is 0. The molecule has 5 heteroatoms. The van der Waals surface area contributed by atoms with Gasteiger partial charge in [-0.3, -0.25) is 0 Å². The predicted molar refractivity (Wildman–Crippen MR) is 80.2 cm³/mol. The molecule has 1 radical (unpaired) electrons. The van der Waals surface area contributed by atoms with Gasteiger partial charge < -0.3 is 17.2 Å². The van der Waals surface area contributed by atoms with E-state index >= 15 is 0 Å². The average molecular weight is 289 g/mol. The maximum atomic E-state index is 9.44. The fraction of sp³-hybridized carbons (Fsp3) is 0.857. The quantitative estimate of drug-likeness (QED) is 0.508. The van der Waals surface area contributed by atoms with Gasteiger partial charge >= 0.3 is 15.9 Å². The number of carbonyl (C=O) groups excluding carboxylic acids is 2. The van der Waals surface area contributed by atoms with Gasteiger partial charge in [0, 0.05) is 13.2 Å². The molecule has 0 aliphatic rings. The smallest absolute Gasteiger partial charge is 0.484 e. The Morgan fingerprint density at radius 3 is 1.26 bits per heavy atom. The van der Waals surface area contributed by atoms with Crippen molar-refractivity contribution in [2.24, 2.45) is 0 Å². The molecule has 0 unspecified atom stereocenters. The third kappa shape index (κ3) is 73.1. The second-order valence-corrected chi connectivity index (χ2v) is 5.22.